The highest BCUT2D eigenvalue weighted by molar-refractivity contribution is 5.69. The van der Waals surface area contributed by atoms with Crippen LogP contribution in [-0.4, -0.2) is 43.5 Å². The largest absolute Gasteiger partial charge is 0.442 e. The fraction of sp³-hybridized carbons (Fsp3) is 0.462. The Kier molecular flexibility index (Phi) is 4.52. The summed E-state index contributed by atoms with van der Waals surface area (Å²) < 4.78 is 22.7. The van der Waals surface area contributed by atoms with E-state index < -0.39 is 12.8 Å². The van der Waals surface area contributed by atoms with Crippen molar-refractivity contribution in [2.75, 3.05) is 26.4 Å². The van der Waals surface area contributed by atoms with E-state index >= 15 is 0 Å². The van der Waals surface area contributed by atoms with Crippen molar-refractivity contribution in [3.63, 3.8) is 0 Å². The normalized spacial score (nSPS) is 19.1. The molecule has 0 bridgehead atoms. The number of carbonyl (C=O) groups is 1. The van der Waals surface area contributed by atoms with Gasteiger partial charge in [0.1, 0.15) is 12.8 Å². The Balaban J connectivity index is 1.70. The Labute approximate surface area is 105 Å². The average molecular weight is 253 g/mol. The van der Waals surface area contributed by atoms with Gasteiger partial charge >= 0.3 is 6.09 Å². The molecule has 1 amide bonds. The highest BCUT2D eigenvalue weighted by atomic mass is 19.1. The van der Waals surface area contributed by atoms with E-state index in [1.54, 1.807) is 0 Å². The lowest BCUT2D eigenvalue weighted by atomic mass is 10.2. The first-order valence-electron chi connectivity index (χ1n) is 5.93. The second-order valence-corrected chi connectivity index (χ2v) is 4.14. The third kappa shape index (κ3) is 3.43. The molecule has 1 aliphatic rings. The predicted octanol–water partition coefficient (Wildman–Crippen LogP) is 1.99. The summed E-state index contributed by atoms with van der Waals surface area (Å²) >= 11 is 0. The predicted molar refractivity (Wildman–Crippen MR) is 63.9 cm³/mol. The zero-order chi connectivity index (χ0) is 12.8. The van der Waals surface area contributed by atoms with Crippen LogP contribution in [0.1, 0.15) is 5.56 Å². The van der Waals surface area contributed by atoms with Gasteiger partial charge in [-0.15, -0.1) is 0 Å². The van der Waals surface area contributed by atoms with Crippen molar-refractivity contribution in [1.29, 1.82) is 0 Å². The number of ether oxygens (including phenoxy) is 2. The second kappa shape index (κ2) is 6.35. The number of hydrogen-bond acceptors (Lipinski definition) is 3. The number of amides is 1. The van der Waals surface area contributed by atoms with Gasteiger partial charge < -0.3 is 14.4 Å². The summed E-state index contributed by atoms with van der Waals surface area (Å²) in [5, 5.41) is 0. The van der Waals surface area contributed by atoms with Gasteiger partial charge in [0.05, 0.1) is 26.3 Å². The zero-order valence-electron chi connectivity index (χ0n) is 10.0. The number of rotatable bonds is 6. The van der Waals surface area contributed by atoms with E-state index in [-0.39, 0.29) is 12.6 Å². The SMILES string of the molecule is O=C1OC(COCc2ccccc2)CN1CCF. The lowest BCUT2D eigenvalue weighted by Crippen LogP contribution is -2.28. The minimum Gasteiger partial charge on any atom is -0.442 e. The molecule has 1 aromatic carbocycles. The molecule has 0 spiro atoms. The van der Waals surface area contributed by atoms with Crippen molar-refractivity contribution in [2.24, 2.45) is 0 Å². The summed E-state index contributed by atoms with van der Waals surface area (Å²) in [6.07, 6.45) is -0.756. The van der Waals surface area contributed by atoms with E-state index in [0.29, 0.717) is 19.8 Å². The smallest absolute Gasteiger partial charge is 0.410 e. The Hall–Kier alpha value is -1.62. The Morgan fingerprint density at radius 1 is 1.39 bits per heavy atom. The summed E-state index contributed by atoms with van der Waals surface area (Å²) in [4.78, 5) is 12.6. The number of hydrogen-bond donors (Lipinski definition) is 0. The van der Waals surface area contributed by atoms with Crippen LogP contribution in [0, 0.1) is 0 Å². The number of benzene rings is 1. The number of carbonyl (C=O) groups excluding carboxylic acids is 1. The first kappa shape index (κ1) is 12.8. The molecule has 0 aromatic heterocycles. The van der Waals surface area contributed by atoms with E-state index in [0.717, 1.165) is 5.56 Å². The third-order valence-electron chi connectivity index (χ3n) is 2.72. The van der Waals surface area contributed by atoms with E-state index in [9.17, 15) is 9.18 Å². The van der Waals surface area contributed by atoms with E-state index in [2.05, 4.69) is 0 Å². The van der Waals surface area contributed by atoms with Crippen LogP contribution >= 0.6 is 0 Å². The van der Waals surface area contributed by atoms with Crippen molar-refractivity contribution in [2.45, 2.75) is 12.7 Å². The average Bonchev–Trinajstić information content (AvgIpc) is 2.72. The molecule has 2 rings (SSSR count). The van der Waals surface area contributed by atoms with Crippen molar-refractivity contribution < 1.29 is 18.7 Å². The van der Waals surface area contributed by atoms with Crippen LogP contribution in [0.5, 0.6) is 0 Å². The van der Waals surface area contributed by atoms with Gasteiger partial charge in [0.2, 0.25) is 0 Å². The molecule has 98 valence electrons. The monoisotopic (exact) mass is 253 g/mol. The molecule has 0 radical (unpaired) electrons. The highest BCUT2D eigenvalue weighted by Gasteiger charge is 2.30. The molecule has 1 unspecified atom stereocenters. The van der Waals surface area contributed by atoms with Gasteiger partial charge in [0.25, 0.3) is 0 Å². The van der Waals surface area contributed by atoms with Gasteiger partial charge in [-0.05, 0) is 5.56 Å². The van der Waals surface area contributed by atoms with Crippen LogP contribution in [0.15, 0.2) is 30.3 Å². The van der Waals surface area contributed by atoms with Crippen LogP contribution in [0.4, 0.5) is 9.18 Å². The molecule has 0 saturated carbocycles. The van der Waals surface area contributed by atoms with Crippen molar-refractivity contribution >= 4 is 6.09 Å². The highest BCUT2D eigenvalue weighted by Crippen LogP contribution is 2.12. The van der Waals surface area contributed by atoms with Gasteiger partial charge in [-0.25, -0.2) is 9.18 Å². The van der Waals surface area contributed by atoms with Gasteiger partial charge in [0.15, 0.2) is 0 Å². The topological polar surface area (TPSA) is 38.8 Å². The fourth-order valence-electron chi connectivity index (χ4n) is 1.83. The standard InChI is InChI=1S/C13H16FNO3/c14-6-7-15-8-12(18-13(15)16)10-17-9-11-4-2-1-3-5-11/h1-5,12H,6-10H2. The fourth-order valence-corrected chi connectivity index (χ4v) is 1.83. The summed E-state index contributed by atoms with van der Waals surface area (Å²) in [6.45, 7) is 0.764. The molecule has 1 saturated heterocycles. The maximum atomic E-state index is 12.1. The Morgan fingerprint density at radius 2 is 2.17 bits per heavy atom. The number of halogens is 1. The molecule has 1 atom stereocenters. The van der Waals surface area contributed by atoms with Crippen molar-refractivity contribution in [3.8, 4) is 0 Å². The molecule has 4 nitrogen and oxygen atoms in total. The van der Waals surface area contributed by atoms with Gasteiger partial charge in [0, 0.05) is 0 Å². The van der Waals surface area contributed by atoms with Gasteiger partial charge in [-0.3, -0.25) is 0 Å². The Morgan fingerprint density at radius 3 is 2.89 bits per heavy atom. The summed E-state index contributed by atoms with van der Waals surface area (Å²) in [5.41, 5.74) is 1.07. The molecule has 0 N–H and O–H groups in total. The van der Waals surface area contributed by atoms with Crippen LogP contribution in [0.3, 0.4) is 0 Å². The molecule has 0 aliphatic carbocycles. The maximum Gasteiger partial charge on any atom is 0.410 e. The molecule has 1 fully saturated rings. The van der Waals surface area contributed by atoms with Crippen LogP contribution in [0.25, 0.3) is 0 Å². The molecule has 18 heavy (non-hydrogen) atoms. The third-order valence-corrected chi connectivity index (χ3v) is 2.72. The Bertz CT molecular complexity index is 385. The van der Waals surface area contributed by atoms with Gasteiger partial charge in [-0.2, -0.15) is 0 Å². The van der Waals surface area contributed by atoms with Crippen LogP contribution < -0.4 is 0 Å². The summed E-state index contributed by atoms with van der Waals surface area (Å²) in [5.74, 6) is 0. The van der Waals surface area contributed by atoms with E-state index in [1.165, 1.54) is 4.90 Å². The first-order valence-corrected chi connectivity index (χ1v) is 5.93. The van der Waals surface area contributed by atoms with Crippen molar-refractivity contribution in [3.05, 3.63) is 35.9 Å². The number of alkyl halides is 1. The molecular formula is C13H16FNO3. The zero-order valence-corrected chi connectivity index (χ0v) is 10.0. The maximum absolute atomic E-state index is 12.1. The number of cyclic esters (lactones) is 1. The minimum atomic E-state index is -0.549. The van der Waals surface area contributed by atoms with Crippen LogP contribution in [0.2, 0.25) is 0 Å². The lowest BCUT2D eigenvalue weighted by Gasteiger charge is -2.10. The molecule has 5 heteroatoms. The molecular weight excluding hydrogens is 237 g/mol. The number of nitrogens with zero attached hydrogens (tertiary/aromatic N) is 1. The first-order chi connectivity index (χ1) is 8.79. The summed E-state index contributed by atoms with van der Waals surface area (Å²) in [6, 6.07) is 9.76. The molecule has 1 aromatic rings. The molecule has 1 aliphatic heterocycles. The second-order valence-electron chi connectivity index (χ2n) is 4.14. The van der Waals surface area contributed by atoms with E-state index in [4.69, 9.17) is 9.47 Å². The van der Waals surface area contributed by atoms with Crippen LogP contribution in [-0.2, 0) is 16.1 Å². The minimum absolute atomic E-state index is 0.0913. The van der Waals surface area contributed by atoms with E-state index in [1.807, 2.05) is 30.3 Å². The van der Waals surface area contributed by atoms with Gasteiger partial charge in [-0.1, -0.05) is 30.3 Å². The summed E-state index contributed by atoms with van der Waals surface area (Å²) in [7, 11) is 0. The van der Waals surface area contributed by atoms with Crippen molar-refractivity contribution in [1.82, 2.24) is 4.90 Å². The lowest BCUT2D eigenvalue weighted by molar-refractivity contribution is 0.0381. The molecule has 1 heterocycles. The quantitative estimate of drug-likeness (QED) is 0.778.